The first-order valence-electron chi connectivity index (χ1n) is 16.9. The van der Waals surface area contributed by atoms with Crippen molar-refractivity contribution in [3.05, 3.63) is 0 Å². The molecular formula is C34H62N2O2. The van der Waals surface area contributed by atoms with Gasteiger partial charge in [0.05, 0.1) is 19.3 Å². The average Bonchev–Trinajstić information content (AvgIpc) is 3.25. The molecule has 0 bridgehead atoms. The lowest BCUT2D eigenvalue weighted by Crippen LogP contribution is -2.59. The summed E-state index contributed by atoms with van der Waals surface area (Å²) in [5, 5.41) is 15.7. The van der Waals surface area contributed by atoms with E-state index >= 15 is 0 Å². The number of ether oxygens (including phenoxy) is 1. The molecule has 4 nitrogen and oxygen atoms in total. The van der Waals surface area contributed by atoms with Crippen molar-refractivity contribution in [2.45, 2.75) is 124 Å². The van der Waals surface area contributed by atoms with Gasteiger partial charge < -0.3 is 15.2 Å². The van der Waals surface area contributed by atoms with Gasteiger partial charge in [0.1, 0.15) is 0 Å². The zero-order valence-corrected chi connectivity index (χ0v) is 25.7. The molecule has 0 amide bonds. The van der Waals surface area contributed by atoms with Crippen molar-refractivity contribution in [2.75, 3.05) is 39.4 Å². The molecule has 5 aliphatic rings. The maximum absolute atomic E-state index is 11.8. The summed E-state index contributed by atoms with van der Waals surface area (Å²) in [5.41, 5.74) is 0.903. The summed E-state index contributed by atoms with van der Waals surface area (Å²) in [6.45, 7) is 18.9. The van der Waals surface area contributed by atoms with Crippen LogP contribution in [0.25, 0.3) is 0 Å². The van der Waals surface area contributed by atoms with Crippen LogP contribution in [0.1, 0.15) is 112 Å². The third kappa shape index (κ3) is 5.90. The van der Waals surface area contributed by atoms with Crippen molar-refractivity contribution >= 4 is 0 Å². The molecule has 0 spiro atoms. The Hall–Kier alpha value is -0.160. The molecule has 0 aromatic rings. The van der Waals surface area contributed by atoms with Crippen LogP contribution >= 0.6 is 0 Å². The van der Waals surface area contributed by atoms with E-state index in [4.69, 9.17) is 4.74 Å². The molecule has 4 unspecified atom stereocenters. The highest BCUT2D eigenvalue weighted by atomic mass is 16.5. The van der Waals surface area contributed by atoms with E-state index in [0.717, 1.165) is 68.9 Å². The molecule has 4 heteroatoms. The second-order valence-electron chi connectivity index (χ2n) is 15.6. The van der Waals surface area contributed by atoms with Crippen LogP contribution in [-0.2, 0) is 4.74 Å². The lowest BCUT2D eigenvalue weighted by Gasteiger charge is -2.62. The molecule has 220 valence electrons. The van der Waals surface area contributed by atoms with Gasteiger partial charge in [-0.1, -0.05) is 53.9 Å². The molecule has 0 radical (unpaired) electrons. The van der Waals surface area contributed by atoms with Crippen LogP contribution in [0.2, 0.25) is 0 Å². The quantitative estimate of drug-likeness (QED) is 0.306. The Balaban J connectivity index is 1.16. The van der Waals surface area contributed by atoms with E-state index in [-0.39, 0.29) is 6.10 Å². The van der Waals surface area contributed by atoms with Crippen molar-refractivity contribution in [3.63, 3.8) is 0 Å². The third-order valence-corrected chi connectivity index (χ3v) is 13.1. The number of aliphatic hydroxyl groups is 1. The van der Waals surface area contributed by atoms with E-state index in [1.165, 1.54) is 77.2 Å². The van der Waals surface area contributed by atoms with Crippen molar-refractivity contribution in [1.29, 1.82) is 0 Å². The van der Waals surface area contributed by atoms with Gasteiger partial charge in [0, 0.05) is 19.1 Å². The van der Waals surface area contributed by atoms with Crippen LogP contribution in [-0.4, -0.2) is 61.5 Å². The average molecular weight is 531 g/mol. The van der Waals surface area contributed by atoms with E-state index in [1.54, 1.807) is 0 Å². The van der Waals surface area contributed by atoms with E-state index in [9.17, 15) is 5.11 Å². The molecule has 5 fully saturated rings. The number of nitrogens with one attached hydrogen (secondary N) is 1. The molecule has 2 N–H and O–H groups in total. The lowest BCUT2D eigenvalue weighted by molar-refractivity contribution is -0.167. The van der Waals surface area contributed by atoms with Gasteiger partial charge in [-0.2, -0.15) is 0 Å². The predicted molar refractivity (Wildman–Crippen MR) is 158 cm³/mol. The van der Waals surface area contributed by atoms with Crippen LogP contribution in [0.15, 0.2) is 0 Å². The largest absolute Gasteiger partial charge is 0.393 e. The zero-order chi connectivity index (χ0) is 26.9. The molecule has 1 aliphatic heterocycles. The third-order valence-electron chi connectivity index (χ3n) is 13.1. The summed E-state index contributed by atoms with van der Waals surface area (Å²) in [5.74, 6) is 5.29. The van der Waals surface area contributed by atoms with Gasteiger partial charge in [-0.3, -0.25) is 4.90 Å². The van der Waals surface area contributed by atoms with Crippen molar-refractivity contribution < 1.29 is 9.84 Å². The summed E-state index contributed by atoms with van der Waals surface area (Å²) >= 11 is 0. The fourth-order valence-electron chi connectivity index (χ4n) is 10.9. The molecule has 5 rings (SSSR count). The highest BCUT2D eigenvalue weighted by Gasteiger charge is 2.62. The Bertz CT molecular complexity index is 753. The number of hydrogen-bond donors (Lipinski definition) is 2. The van der Waals surface area contributed by atoms with Crippen LogP contribution in [0, 0.1) is 52.3 Å². The Morgan fingerprint density at radius 1 is 0.895 bits per heavy atom. The second-order valence-corrected chi connectivity index (χ2v) is 15.6. The van der Waals surface area contributed by atoms with Gasteiger partial charge in [0.2, 0.25) is 0 Å². The number of nitrogens with zero attached hydrogens (tertiary/aromatic N) is 1. The number of fused-ring (bicyclic) bond motifs is 5. The first kappa shape index (κ1) is 29.3. The minimum Gasteiger partial charge on any atom is -0.393 e. The van der Waals surface area contributed by atoms with Crippen molar-refractivity contribution in [3.8, 4) is 0 Å². The van der Waals surface area contributed by atoms with Crippen LogP contribution in [0.4, 0.5) is 0 Å². The normalized spacial score (nSPS) is 44.4. The molecule has 1 saturated heterocycles. The SMILES string of the molecule is CC(C)CCC[C@@H](C)C1CCC2C3C(CC[C@@]21C)[C@@]1(C)CC[C@H](NCCCN2CCOCC2)C[C@@H]1C[C@H]3O. The Labute approximate surface area is 235 Å². The molecule has 4 saturated carbocycles. The number of aliphatic hydroxyl groups excluding tert-OH is 1. The first-order valence-corrected chi connectivity index (χ1v) is 16.9. The van der Waals surface area contributed by atoms with Gasteiger partial charge in [-0.05, 0) is 123 Å². The van der Waals surface area contributed by atoms with Crippen molar-refractivity contribution in [1.82, 2.24) is 10.2 Å². The fraction of sp³-hybridized carbons (Fsp3) is 1.00. The van der Waals surface area contributed by atoms with Gasteiger partial charge in [0.25, 0.3) is 0 Å². The molecule has 0 aromatic carbocycles. The van der Waals surface area contributed by atoms with Gasteiger partial charge >= 0.3 is 0 Å². The molecule has 10 atom stereocenters. The van der Waals surface area contributed by atoms with E-state index in [2.05, 4.69) is 44.8 Å². The van der Waals surface area contributed by atoms with Crippen LogP contribution < -0.4 is 5.32 Å². The van der Waals surface area contributed by atoms with E-state index < -0.39 is 0 Å². The first-order chi connectivity index (χ1) is 18.2. The highest BCUT2D eigenvalue weighted by Crippen LogP contribution is 2.68. The van der Waals surface area contributed by atoms with Gasteiger partial charge in [-0.15, -0.1) is 0 Å². The van der Waals surface area contributed by atoms with E-state index in [0.29, 0.717) is 28.7 Å². The summed E-state index contributed by atoms with van der Waals surface area (Å²) in [6, 6.07) is 0.651. The lowest BCUT2D eigenvalue weighted by atomic mass is 9.43. The smallest absolute Gasteiger partial charge is 0.0594 e. The summed E-state index contributed by atoms with van der Waals surface area (Å²) < 4.78 is 5.49. The Morgan fingerprint density at radius 3 is 2.39 bits per heavy atom. The summed E-state index contributed by atoms with van der Waals surface area (Å²) in [7, 11) is 0. The van der Waals surface area contributed by atoms with Crippen LogP contribution in [0.5, 0.6) is 0 Å². The van der Waals surface area contributed by atoms with Gasteiger partial charge in [0.15, 0.2) is 0 Å². The molecule has 1 heterocycles. The molecular weight excluding hydrogens is 468 g/mol. The topological polar surface area (TPSA) is 44.7 Å². The minimum absolute atomic E-state index is 0.0715. The minimum atomic E-state index is -0.0715. The Kier molecular flexibility index (Phi) is 9.55. The maximum Gasteiger partial charge on any atom is 0.0594 e. The zero-order valence-electron chi connectivity index (χ0n) is 25.7. The highest BCUT2D eigenvalue weighted by molar-refractivity contribution is 5.12. The van der Waals surface area contributed by atoms with Gasteiger partial charge in [-0.25, -0.2) is 0 Å². The van der Waals surface area contributed by atoms with Crippen LogP contribution in [0.3, 0.4) is 0 Å². The van der Waals surface area contributed by atoms with Crippen molar-refractivity contribution in [2.24, 2.45) is 52.3 Å². The summed E-state index contributed by atoms with van der Waals surface area (Å²) in [4.78, 5) is 2.55. The predicted octanol–water partition coefficient (Wildman–Crippen LogP) is 6.76. The fourth-order valence-corrected chi connectivity index (χ4v) is 10.9. The number of morpholine rings is 1. The second kappa shape index (κ2) is 12.4. The van der Waals surface area contributed by atoms with E-state index in [1.807, 2.05) is 0 Å². The Morgan fingerprint density at radius 2 is 1.63 bits per heavy atom. The molecule has 0 aromatic heterocycles. The maximum atomic E-state index is 11.8. The standard InChI is InChI=1S/C34H62N2O2/c1-24(2)8-6-9-25(3)28-10-11-29-32-30(13-15-34(28,29)5)33(4)14-12-27(22-26(33)23-31(32)37)35-16-7-17-36-18-20-38-21-19-36/h24-32,35,37H,6-23H2,1-5H3/t25-,26-,27+,28?,29?,30?,31-,32?,33+,34-/m1/s1. The molecule has 4 aliphatic carbocycles. The number of hydrogen-bond acceptors (Lipinski definition) is 4. The monoisotopic (exact) mass is 530 g/mol. The summed E-state index contributed by atoms with van der Waals surface area (Å²) in [6.07, 6.45) is 16.0. The number of rotatable bonds is 10. The molecule has 38 heavy (non-hydrogen) atoms.